The Morgan fingerprint density at radius 1 is 0.455 bits per heavy atom. The molecule has 0 atom stereocenters. The van der Waals surface area contributed by atoms with Crippen LogP contribution in [0.2, 0.25) is 0 Å². The zero-order valence-electron chi connectivity index (χ0n) is 23.5. The Hall–Kier alpha value is 0.570. The summed E-state index contributed by atoms with van der Waals surface area (Å²) in [5, 5.41) is 0. The molecule has 0 aromatic heterocycles. The summed E-state index contributed by atoms with van der Waals surface area (Å²) in [6, 6.07) is 0. The summed E-state index contributed by atoms with van der Waals surface area (Å²) >= 11 is 0. The van der Waals surface area contributed by atoms with Crippen molar-refractivity contribution >= 4 is 22.9 Å². The van der Waals surface area contributed by atoms with Crippen LogP contribution in [0.25, 0.3) is 0 Å². The fourth-order valence-corrected chi connectivity index (χ4v) is 21.8. The minimum absolute atomic E-state index is 1.10. The van der Waals surface area contributed by atoms with Crippen LogP contribution in [-0.2, 0) is 0 Å². The third kappa shape index (κ3) is 5.47. The molecule has 10 nitrogen and oxygen atoms in total. The van der Waals surface area contributed by atoms with Gasteiger partial charge in [-0.1, -0.05) is 0 Å². The maximum absolute atomic E-state index is 6.09. The fraction of sp³-hybridized carbons (Fsp3) is 1.00. The van der Waals surface area contributed by atoms with Crippen molar-refractivity contribution in [2.24, 2.45) is 9.03 Å². The molecule has 13 heteroatoms. The van der Waals surface area contributed by atoms with Gasteiger partial charge in [0.25, 0.3) is 0 Å². The standard InChI is InChI=1S/C20H53N10P3/c1-23(2)32(24(3)4,25(5)6)21-31(29-17-13-14-18-29,30-19-15-16-20-30)22-33(26(7)8,27(9)10)28(11)12/h31H,13-20H2,1-12H3. The second-order valence-electron chi connectivity index (χ2n) is 10.3. The molecule has 0 aromatic rings. The molecule has 0 radical (unpaired) electrons. The first-order valence-electron chi connectivity index (χ1n) is 12.1. The Morgan fingerprint density at radius 3 is 0.848 bits per heavy atom. The van der Waals surface area contributed by atoms with E-state index in [4.69, 9.17) is 9.03 Å². The molecule has 2 rings (SSSR count). The average molecular weight is 527 g/mol. The Kier molecular flexibility index (Phi) is 10.6. The van der Waals surface area contributed by atoms with Gasteiger partial charge in [-0.25, -0.2) is 0 Å². The van der Waals surface area contributed by atoms with Crippen molar-refractivity contribution in [2.75, 3.05) is 111 Å². The van der Waals surface area contributed by atoms with E-state index in [1.54, 1.807) is 0 Å². The Labute approximate surface area is 205 Å². The summed E-state index contributed by atoms with van der Waals surface area (Å²) < 4.78 is 31.8. The summed E-state index contributed by atoms with van der Waals surface area (Å²) in [5.41, 5.74) is 0. The monoisotopic (exact) mass is 526 g/mol. The van der Waals surface area contributed by atoms with Gasteiger partial charge in [0.15, 0.2) is 0 Å². The van der Waals surface area contributed by atoms with Crippen LogP contribution in [-0.4, -0.2) is 148 Å². The molecule has 33 heavy (non-hydrogen) atoms. The van der Waals surface area contributed by atoms with E-state index in [2.05, 4.69) is 122 Å². The number of nitrogens with zero attached hydrogens (tertiary/aromatic N) is 10. The molecular weight excluding hydrogens is 473 g/mol. The van der Waals surface area contributed by atoms with Gasteiger partial charge in [-0.2, -0.15) is 0 Å². The molecule has 0 aromatic carbocycles. The Bertz CT molecular complexity index is 619. The molecule has 2 fully saturated rings. The van der Waals surface area contributed by atoms with E-state index in [-0.39, 0.29) is 0 Å². The van der Waals surface area contributed by atoms with E-state index in [0.29, 0.717) is 0 Å². The summed E-state index contributed by atoms with van der Waals surface area (Å²) in [6.07, 6.45) is 4.95. The van der Waals surface area contributed by atoms with Gasteiger partial charge in [0.1, 0.15) is 0 Å². The van der Waals surface area contributed by atoms with Crippen molar-refractivity contribution in [1.29, 1.82) is 0 Å². The zero-order valence-corrected chi connectivity index (χ0v) is 26.3. The van der Waals surface area contributed by atoms with E-state index < -0.39 is 22.9 Å². The average Bonchev–Trinajstić information content (AvgIpc) is 3.41. The predicted molar refractivity (Wildman–Crippen MR) is 151 cm³/mol. The molecule has 0 unspecified atom stereocenters. The summed E-state index contributed by atoms with van der Waals surface area (Å²) in [5.74, 6) is 0. The Balaban J connectivity index is 3.09. The first-order valence-corrected chi connectivity index (χ1v) is 17.1. The summed E-state index contributed by atoms with van der Waals surface area (Å²) in [7, 11) is 19.2. The van der Waals surface area contributed by atoms with Crippen LogP contribution in [0, 0.1) is 0 Å². The normalized spacial score (nSPS) is 20.4. The van der Waals surface area contributed by atoms with Gasteiger partial charge >= 0.3 is 206 Å². The number of hydrogen-bond donors (Lipinski definition) is 0. The Morgan fingerprint density at radius 2 is 0.667 bits per heavy atom. The summed E-state index contributed by atoms with van der Waals surface area (Å²) in [4.78, 5) is 0. The zero-order chi connectivity index (χ0) is 25.2. The van der Waals surface area contributed by atoms with Gasteiger partial charge in [-0.15, -0.1) is 0 Å². The van der Waals surface area contributed by atoms with Crippen molar-refractivity contribution in [2.45, 2.75) is 25.7 Å². The first kappa shape index (κ1) is 29.8. The summed E-state index contributed by atoms with van der Waals surface area (Å²) in [6.45, 7) is 4.38. The molecule has 0 amide bonds. The third-order valence-corrected chi connectivity index (χ3v) is 20.1. The van der Waals surface area contributed by atoms with Gasteiger partial charge in [0.05, 0.1) is 0 Å². The molecule has 0 N–H and O–H groups in total. The van der Waals surface area contributed by atoms with Gasteiger partial charge < -0.3 is 0 Å². The first-order chi connectivity index (χ1) is 15.3. The van der Waals surface area contributed by atoms with Gasteiger partial charge in [0, 0.05) is 0 Å². The number of hydrogen-bond acceptors (Lipinski definition) is 4. The van der Waals surface area contributed by atoms with Crippen molar-refractivity contribution in [3.05, 3.63) is 0 Å². The topological polar surface area (TPSA) is 50.6 Å². The van der Waals surface area contributed by atoms with Crippen molar-refractivity contribution in [3.63, 3.8) is 0 Å². The fourth-order valence-electron chi connectivity index (χ4n) is 5.55. The molecule has 2 heterocycles. The van der Waals surface area contributed by atoms with E-state index >= 15 is 0 Å². The van der Waals surface area contributed by atoms with E-state index in [0.717, 1.165) is 26.2 Å². The molecule has 198 valence electrons. The van der Waals surface area contributed by atoms with Crippen LogP contribution < -0.4 is 0 Å². The van der Waals surface area contributed by atoms with E-state index in [9.17, 15) is 0 Å². The third-order valence-electron chi connectivity index (χ3n) is 6.82. The van der Waals surface area contributed by atoms with Crippen LogP contribution in [0.15, 0.2) is 9.03 Å². The van der Waals surface area contributed by atoms with Crippen LogP contribution in [0.5, 0.6) is 0 Å². The second-order valence-corrected chi connectivity index (χ2v) is 21.4. The van der Waals surface area contributed by atoms with E-state index in [1.807, 2.05) is 0 Å². The molecule has 2 aliphatic heterocycles. The molecular formula is C20H53N10P3. The SMILES string of the molecule is CN(C)P(=N[PH](N=P(N(C)C)(N(C)C)N(C)C)(N1CCCC1)N1CCCC1)(N(C)C)N(C)C. The van der Waals surface area contributed by atoms with Crippen LogP contribution in [0.4, 0.5) is 0 Å². The van der Waals surface area contributed by atoms with Gasteiger partial charge in [0.2, 0.25) is 0 Å². The molecule has 0 saturated carbocycles. The number of rotatable bonds is 10. The minimum atomic E-state index is -2.81. The van der Waals surface area contributed by atoms with Gasteiger partial charge in [-0.05, 0) is 0 Å². The van der Waals surface area contributed by atoms with Crippen LogP contribution in [0.3, 0.4) is 0 Å². The molecule has 2 saturated heterocycles. The van der Waals surface area contributed by atoms with Crippen molar-refractivity contribution < 1.29 is 0 Å². The predicted octanol–water partition coefficient (Wildman–Crippen LogP) is 3.85. The van der Waals surface area contributed by atoms with Crippen molar-refractivity contribution in [1.82, 2.24) is 37.4 Å². The molecule has 0 aliphatic carbocycles. The second kappa shape index (κ2) is 11.7. The van der Waals surface area contributed by atoms with Crippen LogP contribution in [0.1, 0.15) is 25.7 Å². The maximum atomic E-state index is 6.09. The quantitative estimate of drug-likeness (QED) is 0.398. The molecule has 0 bridgehead atoms. The molecule has 0 spiro atoms. The van der Waals surface area contributed by atoms with Crippen molar-refractivity contribution in [3.8, 4) is 0 Å². The van der Waals surface area contributed by atoms with E-state index in [1.165, 1.54) is 25.7 Å². The van der Waals surface area contributed by atoms with Gasteiger partial charge in [-0.3, -0.25) is 0 Å². The molecule has 2 aliphatic rings. The van der Waals surface area contributed by atoms with Crippen LogP contribution >= 0.6 is 22.9 Å².